The van der Waals surface area contributed by atoms with E-state index in [1.807, 2.05) is 25.1 Å². The average Bonchev–Trinajstić information content (AvgIpc) is 3.16. The molecular weight excluding hydrogens is 359 g/mol. The summed E-state index contributed by atoms with van der Waals surface area (Å²) in [6.07, 6.45) is 2.26. The van der Waals surface area contributed by atoms with Crippen molar-refractivity contribution in [3.63, 3.8) is 0 Å². The van der Waals surface area contributed by atoms with Gasteiger partial charge in [-0.3, -0.25) is 9.59 Å². The minimum Gasteiger partial charge on any atom is -0.378 e. The van der Waals surface area contributed by atoms with Crippen molar-refractivity contribution in [1.82, 2.24) is 5.32 Å². The predicted octanol–water partition coefficient (Wildman–Crippen LogP) is 3.75. The van der Waals surface area contributed by atoms with E-state index in [0.717, 1.165) is 25.0 Å². The minimum atomic E-state index is -0.394. The minimum absolute atomic E-state index is 0.0104. The second-order valence-electron chi connectivity index (χ2n) is 7.07. The number of nitrogens with one attached hydrogen (secondary N) is 2. The number of rotatable bonds is 7. The Balaban J connectivity index is 1.56. The normalized spacial score (nSPS) is 17.1. The summed E-state index contributed by atoms with van der Waals surface area (Å²) in [4.78, 5) is 24.4. The number of hydrogen-bond acceptors (Lipinski definition) is 3. The van der Waals surface area contributed by atoms with E-state index in [1.165, 1.54) is 6.07 Å². The quantitative estimate of drug-likeness (QED) is 0.764. The third-order valence-corrected chi connectivity index (χ3v) is 4.79. The van der Waals surface area contributed by atoms with Gasteiger partial charge in [0.1, 0.15) is 5.82 Å². The van der Waals surface area contributed by atoms with E-state index in [-0.39, 0.29) is 30.4 Å². The lowest BCUT2D eigenvalue weighted by atomic mass is 10.1. The van der Waals surface area contributed by atoms with E-state index in [2.05, 4.69) is 10.6 Å². The highest BCUT2D eigenvalue weighted by Gasteiger charge is 2.20. The van der Waals surface area contributed by atoms with Crippen LogP contribution in [0.2, 0.25) is 0 Å². The fourth-order valence-corrected chi connectivity index (χ4v) is 3.30. The van der Waals surface area contributed by atoms with Gasteiger partial charge in [-0.25, -0.2) is 4.39 Å². The van der Waals surface area contributed by atoms with Gasteiger partial charge in [0, 0.05) is 12.3 Å². The summed E-state index contributed by atoms with van der Waals surface area (Å²) in [5.41, 5.74) is 1.84. The largest absolute Gasteiger partial charge is 0.378 e. The lowest BCUT2D eigenvalue weighted by Crippen LogP contribution is -2.29. The Morgan fingerprint density at radius 1 is 1.18 bits per heavy atom. The number of hydrogen-bond donors (Lipinski definition) is 2. The van der Waals surface area contributed by atoms with Crippen LogP contribution in [0.3, 0.4) is 0 Å². The van der Waals surface area contributed by atoms with Gasteiger partial charge in [0.25, 0.3) is 0 Å². The molecule has 0 bridgehead atoms. The molecule has 6 heteroatoms. The molecule has 0 unspecified atom stereocenters. The fraction of sp³-hybridized carbons (Fsp3) is 0.364. The Morgan fingerprint density at radius 3 is 2.75 bits per heavy atom. The van der Waals surface area contributed by atoms with Crippen molar-refractivity contribution in [3.8, 4) is 0 Å². The number of benzene rings is 2. The maximum absolute atomic E-state index is 13.7. The van der Waals surface area contributed by atoms with Crippen LogP contribution in [-0.4, -0.2) is 24.5 Å². The first kappa shape index (κ1) is 20.0. The Labute approximate surface area is 164 Å². The van der Waals surface area contributed by atoms with Crippen LogP contribution >= 0.6 is 0 Å². The molecule has 2 N–H and O–H groups in total. The van der Waals surface area contributed by atoms with Crippen LogP contribution in [0.4, 0.5) is 10.1 Å². The van der Waals surface area contributed by atoms with E-state index in [1.54, 1.807) is 24.3 Å². The zero-order valence-corrected chi connectivity index (χ0v) is 15.9. The zero-order valence-electron chi connectivity index (χ0n) is 15.9. The van der Waals surface area contributed by atoms with Crippen LogP contribution in [0.5, 0.6) is 0 Å². The van der Waals surface area contributed by atoms with Gasteiger partial charge in [0.05, 0.1) is 25.0 Å². The summed E-state index contributed by atoms with van der Waals surface area (Å²) in [6.45, 7) is 2.62. The van der Waals surface area contributed by atoms with Crippen LogP contribution in [0.25, 0.3) is 0 Å². The summed E-state index contributed by atoms with van der Waals surface area (Å²) in [5, 5.41) is 5.76. The molecule has 1 saturated heterocycles. The molecule has 3 rings (SSSR count). The molecule has 0 radical (unpaired) electrons. The first-order valence-corrected chi connectivity index (χ1v) is 9.55. The van der Waals surface area contributed by atoms with Crippen molar-refractivity contribution in [3.05, 3.63) is 65.5 Å². The molecule has 2 aromatic carbocycles. The second kappa shape index (κ2) is 9.46. The third-order valence-electron chi connectivity index (χ3n) is 4.79. The smallest absolute Gasteiger partial charge is 0.228 e. The Hall–Kier alpha value is -2.73. The summed E-state index contributed by atoms with van der Waals surface area (Å²) < 4.78 is 19.2. The van der Waals surface area contributed by atoms with Gasteiger partial charge >= 0.3 is 0 Å². The molecule has 2 amide bonds. The standard InChI is InChI=1S/C22H25FN2O3/c1-15(24-22(27)14-19-9-5-11-28-19)16-7-4-8-18(12-16)25-21(26)13-17-6-2-3-10-20(17)23/h2-4,6-8,10,12,15,19H,5,9,11,13-14H2,1H3,(H,24,27)(H,25,26)/t15-,19-/m1/s1. The van der Waals surface area contributed by atoms with Crippen LogP contribution < -0.4 is 10.6 Å². The van der Waals surface area contributed by atoms with E-state index >= 15 is 0 Å². The van der Waals surface area contributed by atoms with Crippen molar-refractivity contribution >= 4 is 17.5 Å². The predicted molar refractivity (Wildman–Crippen MR) is 105 cm³/mol. The summed E-state index contributed by atoms with van der Waals surface area (Å²) in [7, 11) is 0. The van der Waals surface area contributed by atoms with Crippen molar-refractivity contribution in [2.24, 2.45) is 0 Å². The average molecular weight is 384 g/mol. The van der Waals surface area contributed by atoms with Crippen LogP contribution in [-0.2, 0) is 20.7 Å². The molecular formula is C22H25FN2O3. The van der Waals surface area contributed by atoms with E-state index in [4.69, 9.17) is 4.74 Å². The highest BCUT2D eigenvalue weighted by Crippen LogP contribution is 2.20. The van der Waals surface area contributed by atoms with E-state index < -0.39 is 5.82 Å². The van der Waals surface area contributed by atoms with Crippen molar-refractivity contribution in [2.75, 3.05) is 11.9 Å². The molecule has 0 spiro atoms. The van der Waals surface area contributed by atoms with E-state index in [0.29, 0.717) is 17.7 Å². The second-order valence-corrected chi connectivity index (χ2v) is 7.07. The number of halogens is 1. The topological polar surface area (TPSA) is 67.4 Å². The summed E-state index contributed by atoms with van der Waals surface area (Å²) >= 11 is 0. The zero-order chi connectivity index (χ0) is 19.9. The number of anilines is 1. The fourth-order valence-electron chi connectivity index (χ4n) is 3.30. The van der Waals surface area contributed by atoms with Crippen molar-refractivity contribution < 1.29 is 18.7 Å². The molecule has 2 aromatic rings. The van der Waals surface area contributed by atoms with Gasteiger partial charge in [-0.1, -0.05) is 30.3 Å². The van der Waals surface area contributed by atoms with Crippen molar-refractivity contribution in [2.45, 2.75) is 44.8 Å². The molecule has 0 aliphatic carbocycles. The monoisotopic (exact) mass is 384 g/mol. The summed E-state index contributed by atoms with van der Waals surface area (Å²) in [6, 6.07) is 13.3. The maximum Gasteiger partial charge on any atom is 0.228 e. The molecule has 0 aromatic heterocycles. The molecule has 1 fully saturated rings. The lowest BCUT2D eigenvalue weighted by molar-refractivity contribution is -0.124. The van der Waals surface area contributed by atoms with Gasteiger partial charge < -0.3 is 15.4 Å². The molecule has 1 heterocycles. The van der Waals surface area contributed by atoms with E-state index in [9.17, 15) is 14.0 Å². The first-order chi connectivity index (χ1) is 13.5. The number of carbonyl (C=O) groups excluding carboxylic acids is 2. The van der Waals surface area contributed by atoms with Gasteiger partial charge in [-0.15, -0.1) is 0 Å². The molecule has 5 nitrogen and oxygen atoms in total. The molecule has 28 heavy (non-hydrogen) atoms. The van der Waals surface area contributed by atoms with Crippen LogP contribution in [0.15, 0.2) is 48.5 Å². The van der Waals surface area contributed by atoms with Crippen molar-refractivity contribution in [1.29, 1.82) is 0 Å². The molecule has 2 atom stereocenters. The molecule has 1 aliphatic heterocycles. The molecule has 0 saturated carbocycles. The lowest BCUT2D eigenvalue weighted by Gasteiger charge is -2.17. The first-order valence-electron chi connectivity index (χ1n) is 9.55. The van der Waals surface area contributed by atoms with Gasteiger partial charge in [-0.05, 0) is 49.1 Å². The van der Waals surface area contributed by atoms with Crippen LogP contribution in [0, 0.1) is 5.82 Å². The Kier molecular flexibility index (Phi) is 6.76. The summed E-state index contributed by atoms with van der Waals surface area (Å²) in [5.74, 6) is -0.736. The molecule has 1 aliphatic rings. The van der Waals surface area contributed by atoms with Crippen LogP contribution in [0.1, 0.15) is 43.4 Å². The van der Waals surface area contributed by atoms with Gasteiger partial charge in [0.2, 0.25) is 11.8 Å². The van der Waals surface area contributed by atoms with Gasteiger partial charge in [0.15, 0.2) is 0 Å². The number of ether oxygens (including phenoxy) is 1. The Morgan fingerprint density at radius 2 is 2.00 bits per heavy atom. The third kappa shape index (κ3) is 5.63. The number of carbonyl (C=O) groups is 2. The number of amides is 2. The SMILES string of the molecule is C[C@@H](NC(=O)C[C@H]1CCCO1)c1cccc(NC(=O)Cc2ccccc2F)c1. The highest BCUT2D eigenvalue weighted by atomic mass is 19.1. The maximum atomic E-state index is 13.7. The highest BCUT2D eigenvalue weighted by molar-refractivity contribution is 5.92. The Bertz CT molecular complexity index is 834. The molecule has 148 valence electrons. The van der Waals surface area contributed by atoms with Gasteiger partial charge in [-0.2, -0.15) is 0 Å².